The van der Waals surface area contributed by atoms with Crippen LogP contribution in [0, 0.1) is 23.7 Å². The lowest BCUT2D eigenvalue weighted by molar-refractivity contribution is 0.229. The average Bonchev–Trinajstić information content (AvgIpc) is 3.10. The third-order valence-electron chi connectivity index (χ3n) is 5.97. The van der Waals surface area contributed by atoms with Crippen molar-refractivity contribution in [1.29, 1.82) is 0 Å². The molecule has 0 spiro atoms. The van der Waals surface area contributed by atoms with Crippen LogP contribution in [0.2, 0.25) is 0 Å². The van der Waals surface area contributed by atoms with Crippen molar-refractivity contribution < 1.29 is 4.74 Å². The molecule has 5 atom stereocenters. The number of hydrogen-bond acceptors (Lipinski definition) is 1. The molecule has 18 heavy (non-hydrogen) atoms. The Balaban J connectivity index is 1.67. The molecule has 0 saturated heterocycles. The maximum Gasteiger partial charge on any atom is 0.122 e. The summed E-state index contributed by atoms with van der Waals surface area (Å²) in [6, 6.07) is 8.70. The molecule has 0 heterocycles. The van der Waals surface area contributed by atoms with Crippen LogP contribution in [0.15, 0.2) is 24.3 Å². The second kappa shape index (κ2) is 4.01. The Morgan fingerprint density at radius 3 is 2.72 bits per heavy atom. The smallest absolute Gasteiger partial charge is 0.122 e. The van der Waals surface area contributed by atoms with E-state index in [2.05, 4.69) is 24.3 Å². The van der Waals surface area contributed by atoms with Gasteiger partial charge in [0, 0.05) is 0 Å². The Kier molecular flexibility index (Phi) is 2.43. The number of hydrogen-bond donors (Lipinski definition) is 0. The van der Waals surface area contributed by atoms with Crippen LogP contribution in [0.25, 0.3) is 0 Å². The Hall–Kier alpha value is -0.980. The van der Waals surface area contributed by atoms with Gasteiger partial charge in [0.05, 0.1) is 7.11 Å². The fourth-order valence-electron chi connectivity index (χ4n) is 5.40. The van der Waals surface area contributed by atoms with Crippen molar-refractivity contribution in [3.63, 3.8) is 0 Å². The van der Waals surface area contributed by atoms with Crippen molar-refractivity contribution in [3.8, 4) is 5.75 Å². The van der Waals surface area contributed by atoms with Gasteiger partial charge in [0.2, 0.25) is 0 Å². The highest BCUT2D eigenvalue weighted by Gasteiger charge is 2.54. The molecular formula is C17H22O. The van der Waals surface area contributed by atoms with Gasteiger partial charge in [0.15, 0.2) is 0 Å². The summed E-state index contributed by atoms with van der Waals surface area (Å²) in [7, 11) is 1.81. The van der Waals surface area contributed by atoms with E-state index in [1.807, 2.05) is 7.11 Å². The van der Waals surface area contributed by atoms with Gasteiger partial charge < -0.3 is 4.74 Å². The molecule has 3 saturated carbocycles. The van der Waals surface area contributed by atoms with Crippen LogP contribution in [0.4, 0.5) is 0 Å². The standard InChI is InChI=1S/C17H22O/c1-18-17-8-3-2-5-14(17)16-10-11-9-15(16)13-7-4-6-12(11)13/h2-3,5,8,11-13,15-16H,4,6-7,9-10H2,1H3. The van der Waals surface area contributed by atoms with Crippen LogP contribution in [-0.2, 0) is 0 Å². The molecule has 2 bridgehead atoms. The number of ether oxygens (including phenoxy) is 1. The van der Waals surface area contributed by atoms with Gasteiger partial charge in [-0.15, -0.1) is 0 Å². The van der Waals surface area contributed by atoms with Crippen LogP contribution in [0.3, 0.4) is 0 Å². The Labute approximate surface area is 110 Å². The van der Waals surface area contributed by atoms with E-state index >= 15 is 0 Å². The van der Waals surface area contributed by atoms with Gasteiger partial charge in [0.25, 0.3) is 0 Å². The molecule has 0 aromatic heterocycles. The molecule has 1 heteroatoms. The van der Waals surface area contributed by atoms with E-state index in [0.29, 0.717) is 0 Å². The van der Waals surface area contributed by atoms with Gasteiger partial charge in [-0.05, 0) is 66.9 Å². The Bertz CT molecular complexity index is 453. The third kappa shape index (κ3) is 1.39. The summed E-state index contributed by atoms with van der Waals surface area (Å²) in [6.07, 6.45) is 7.42. The Morgan fingerprint density at radius 2 is 1.83 bits per heavy atom. The van der Waals surface area contributed by atoms with Gasteiger partial charge in [-0.3, -0.25) is 0 Å². The lowest BCUT2D eigenvalue weighted by Crippen LogP contribution is -2.23. The van der Waals surface area contributed by atoms with Crippen LogP contribution >= 0.6 is 0 Å². The van der Waals surface area contributed by atoms with Gasteiger partial charge in [-0.2, -0.15) is 0 Å². The predicted molar refractivity (Wildman–Crippen MR) is 72.8 cm³/mol. The van der Waals surface area contributed by atoms with Crippen molar-refractivity contribution in [3.05, 3.63) is 29.8 Å². The molecule has 0 radical (unpaired) electrons. The zero-order valence-corrected chi connectivity index (χ0v) is 11.1. The lowest BCUT2D eigenvalue weighted by atomic mass is 9.73. The predicted octanol–water partition coefficient (Wildman–Crippen LogP) is 4.23. The summed E-state index contributed by atoms with van der Waals surface area (Å²) in [4.78, 5) is 0. The van der Waals surface area contributed by atoms with Crippen LogP contribution < -0.4 is 4.74 Å². The van der Waals surface area contributed by atoms with E-state index in [1.54, 1.807) is 0 Å². The first-order valence-corrected chi connectivity index (χ1v) is 7.51. The zero-order chi connectivity index (χ0) is 12.1. The Morgan fingerprint density at radius 1 is 1.00 bits per heavy atom. The fourth-order valence-corrected chi connectivity index (χ4v) is 5.40. The van der Waals surface area contributed by atoms with E-state index in [0.717, 1.165) is 35.3 Å². The highest BCUT2D eigenvalue weighted by Crippen LogP contribution is 2.64. The SMILES string of the molecule is COc1ccccc1C1CC2CC1C1CCCC21. The largest absolute Gasteiger partial charge is 0.496 e. The number of methoxy groups -OCH3 is 1. The molecule has 0 amide bonds. The normalized spacial score (nSPS) is 41.1. The summed E-state index contributed by atoms with van der Waals surface area (Å²) in [5.41, 5.74) is 1.48. The summed E-state index contributed by atoms with van der Waals surface area (Å²) in [5, 5.41) is 0. The molecule has 96 valence electrons. The summed E-state index contributed by atoms with van der Waals surface area (Å²) >= 11 is 0. The maximum absolute atomic E-state index is 5.58. The maximum atomic E-state index is 5.58. The quantitative estimate of drug-likeness (QED) is 0.754. The van der Waals surface area contributed by atoms with Gasteiger partial charge in [0.1, 0.15) is 5.75 Å². The number of fused-ring (bicyclic) bond motifs is 5. The van der Waals surface area contributed by atoms with Crippen molar-refractivity contribution >= 4 is 0 Å². The zero-order valence-electron chi connectivity index (χ0n) is 11.1. The number of rotatable bonds is 2. The molecule has 0 aliphatic heterocycles. The van der Waals surface area contributed by atoms with Crippen molar-refractivity contribution in [2.45, 2.75) is 38.0 Å². The molecule has 3 aliphatic rings. The monoisotopic (exact) mass is 242 g/mol. The second-order valence-electron chi connectivity index (χ2n) is 6.50. The summed E-state index contributed by atoms with van der Waals surface area (Å²) in [6.45, 7) is 0. The van der Waals surface area contributed by atoms with Gasteiger partial charge in [-0.1, -0.05) is 24.6 Å². The third-order valence-corrected chi connectivity index (χ3v) is 5.97. The fraction of sp³-hybridized carbons (Fsp3) is 0.647. The van der Waals surface area contributed by atoms with Crippen LogP contribution in [0.1, 0.15) is 43.6 Å². The summed E-state index contributed by atoms with van der Waals surface area (Å²) < 4.78 is 5.58. The van der Waals surface area contributed by atoms with Crippen molar-refractivity contribution in [2.75, 3.05) is 7.11 Å². The van der Waals surface area contributed by atoms with E-state index < -0.39 is 0 Å². The minimum Gasteiger partial charge on any atom is -0.496 e. The van der Waals surface area contributed by atoms with E-state index in [-0.39, 0.29) is 0 Å². The van der Waals surface area contributed by atoms with Gasteiger partial charge in [-0.25, -0.2) is 0 Å². The first kappa shape index (κ1) is 10.9. The molecular weight excluding hydrogens is 220 g/mol. The van der Waals surface area contributed by atoms with Crippen LogP contribution in [0.5, 0.6) is 5.75 Å². The number of para-hydroxylation sites is 1. The highest BCUT2D eigenvalue weighted by molar-refractivity contribution is 5.38. The molecule has 4 rings (SSSR count). The molecule has 1 nitrogen and oxygen atoms in total. The van der Waals surface area contributed by atoms with E-state index in [4.69, 9.17) is 4.74 Å². The molecule has 1 aromatic rings. The molecule has 1 aromatic carbocycles. The molecule has 0 N–H and O–H groups in total. The van der Waals surface area contributed by atoms with Crippen LogP contribution in [-0.4, -0.2) is 7.11 Å². The lowest BCUT2D eigenvalue weighted by Gasteiger charge is -2.32. The molecule has 3 aliphatic carbocycles. The van der Waals surface area contributed by atoms with Gasteiger partial charge >= 0.3 is 0 Å². The first-order valence-electron chi connectivity index (χ1n) is 7.51. The summed E-state index contributed by atoms with van der Waals surface area (Å²) in [5.74, 6) is 6.01. The molecule has 3 fully saturated rings. The minimum atomic E-state index is 0.783. The van der Waals surface area contributed by atoms with Crippen molar-refractivity contribution in [1.82, 2.24) is 0 Å². The molecule has 5 unspecified atom stereocenters. The highest BCUT2D eigenvalue weighted by atomic mass is 16.5. The van der Waals surface area contributed by atoms with Crippen molar-refractivity contribution in [2.24, 2.45) is 23.7 Å². The first-order chi connectivity index (χ1) is 8.88. The van der Waals surface area contributed by atoms with E-state index in [1.165, 1.54) is 37.7 Å². The topological polar surface area (TPSA) is 9.23 Å². The second-order valence-corrected chi connectivity index (χ2v) is 6.50. The minimum absolute atomic E-state index is 0.783. The van der Waals surface area contributed by atoms with E-state index in [9.17, 15) is 0 Å². The average molecular weight is 242 g/mol. The number of benzene rings is 1.